The lowest BCUT2D eigenvalue weighted by Crippen LogP contribution is -2.33. The zero-order chi connectivity index (χ0) is 18.7. The van der Waals surface area contributed by atoms with Gasteiger partial charge in [0.05, 0.1) is 0 Å². The molecule has 4 rings (SSSR count). The highest BCUT2D eigenvalue weighted by Gasteiger charge is 2.57. The lowest BCUT2D eigenvalue weighted by atomic mass is 9.92. The molecule has 2 heterocycles. The smallest absolute Gasteiger partial charge is 0.274 e. The summed E-state index contributed by atoms with van der Waals surface area (Å²) in [5.41, 5.74) is 2.27. The quantitative estimate of drug-likeness (QED) is 0.671. The number of hydrogen-bond donors (Lipinski definition) is 3. The summed E-state index contributed by atoms with van der Waals surface area (Å²) in [7, 11) is 0. The van der Waals surface area contributed by atoms with Gasteiger partial charge in [-0.15, -0.1) is 24.8 Å². The molecule has 2 aliphatic rings. The molecule has 1 unspecified atom stereocenters. The van der Waals surface area contributed by atoms with Crippen LogP contribution in [0.25, 0.3) is 0 Å². The topological polar surface area (TPSA) is 83.1 Å². The third-order valence-corrected chi connectivity index (χ3v) is 5.65. The number of amides is 2. The van der Waals surface area contributed by atoms with Crippen LogP contribution in [0.15, 0.2) is 48.7 Å². The van der Waals surface area contributed by atoms with Crippen LogP contribution in [0.1, 0.15) is 35.3 Å². The van der Waals surface area contributed by atoms with Crippen molar-refractivity contribution in [2.75, 3.05) is 18.4 Å². The van der Waals surface area contributed by atoms with E-state index in [4.69, 9.17) is 0 Å². The molecule has 1 aliphatic heterocycles. The molecule has 6 nitrogen and oxygen atoms in total. The van der Waals surface area contributed by atoms with Gasteiger partial charge in [-0.1, -0.05) is 18.2 Å². The van der Waals surface area contributed by atoms with Gasteiger partial charge in [0.25, 0.3) is 5.91 Å². The van der Waals surface area contributed by atoms with Crippen molar-refractivity contribution in [3.63, 3.8) is 0 Å². The fraction of sp³-hybridized carbons (Fsp3) is 0.381. The fourth-order valence-corrected chi connectivity index (χ4v) is 3.96. The number of anilines is 1. The van der Waals surface area contributed by atoms with Gasteiger partial charge < -0.3 is 16.0 Å². The van der Waals surface area contributed by atoms with Crippen LogP contribution >= 0.6 is 24.8 Å². The first-order valence-electron chi connectivity index (χ1n) is 9.46. The molecule has 1 spiro atoms. The van der Waals surface area contributed by atoms with Crippen LogP contribution in [0.5, 0.6) is 0 Å². The molecule has 0 radical (unpaired) electrons. The lowest BCUT2D eigenvalue weighted by Gasteiger charge is -2.23. The van der Waals surface area contributed by atoms with Gasteiger partial charge in [-0.2, -0.15) is 0 Å². The summed E-state index contributed by atoms with van der Waals surface area (Å²) in [5.74, 6) is 0.0640. The van der Waals surface area contributed by atoms with Crippen molar-refractivity contribution in [3.05, 3.63) is 59.9 Å². The molecule has 8 heteroatoms. The van der Waals surface area contributed by atoms with Crippen LogP contribution in [-0.4, -0.2) is 29.9 Å². The first-order valence-corrected chi connectivity index (χ1v) is 9.46. The van der Waals surface area contributed by atoms with Crippen LogP contribution < -0.4 is 16.0 Å². The number of carbonyl (C=O) groups excluding carboxylic acids is 2. The Balaban J connectivity index is 0.00000150. The lowest BCUT2D eigenvalue weighted by molar-refractivity contribution is -0.123. The summed E-state index contributed by atoms with van der Waals surface area (Å²) in [5, 5.41) is 9.27. The molecule has 29 heavy (non-hydrogen) atoms. The second-order valence-corrected chi connectivity index (χ2v) is 7.46. The summed E-state index contributed by atoms with van der Waals surface area (Å²) in [6.45, 7) is 2.50. The maximum absolute atomic E-state index is 12.5. The van der Waals surface area contributed by atoms with E-state index in [9.17, 15) is 9.59 Å². The Morgan fingerprint density at radius 1 is 1.10 bits per heavy atom. The van der Waals surface area contributed by atoms with E-state index in [1.165, 1.54) is 0 Å². The number of pyridine rings is 1. The second-order valence-electron chi connectivity index (χ2n) is 7.46. The maximum atomic E-state index is 12.5. The molecular weight excluding hydrogens is 411 g/mol. The number of aromatic nitrogens is 1. The van der Waals surface area contributed by atoms with Gasteiger partial charge in [0.2, 0.25) is 5.91 Å². The molecule has 156 valence electrons. The van der Waals surface area contributed by atoms with Crippen LogP contribution in [0.4, 0.5) is 5.69 Å². The number of halogens is 2. The van der Waals surface area contributed by atoms with Crippen LogP contribution in [0.3, 0.4) is 0 Å². The molecule has 2 fully saturated rings. The number of piperidine rings is 1. The minimum Gasteiger partial charge on any atom is -0.352 e. The molecule has 1 saturated heterocycles. The number of carbonyl (C=O) groups is 2. The Hall–Kier alpha value is -2.15. The number of nitrogens with one attached hydrogen (secondary N) is 3. The zero-order valence-corrected chi connectivity index (χ0v) is 17.7. The van der Waals surface area contributed by atoms with Crippen molar-refractivity contribution >= 4 is 42.3 Å². The van der Waals surface area contributed by atoms with Gasteiger partial charge in [-0.3, -0.25) is 14.6 Å². The van der Waals surface area contributed by atoms with Gasteiger partial charge in [0.1, 0.15) is 5.69 Å². The first-order chi connectivity index (χ1) is 13.2. The van der Waals surface area contributed by atoms with Gasteiger partial charge >= 0.3 is 0 Å². The molecular formula is C21H26Cl2N4O2. The third-order valence-electron chi connectivity index (χ3n) is 5.65. The number of benzene rings is 1. The maximum Gasteiger partial charge on any atom is 0.274 e. The normalized spacial score (nSPS) is 18.7. The molecule has 3 N–H and O–H groups in total. The van der Waals surface area contributed by atoms with Crippen LogP contribution in [0.2, 0.25) is 0 Å². The monoisotopic (exact) mass is 436 g/mol. The van der Waals surface area contributed by atoms with E-state index < -0.39 is 0 Å². The van der Waals surface area contributed by atoms with Crippen molar-refractivity contribution in [2.24, 2.45) is 11.3 Å². The van der Waals surface area contributed by atoms with E-state index in [1.807, 2.05) is 24.3 Å². The molecule has 1 saturated carbocycles. The Bertz CT molecular complexity index is 842. The van der Waals surface area contributed by atoms with E-state index in [1.54, 1.807) is 24.4 Å². The minimum absolute atomic E-state index is 0. The highest BCUT2D eigenvalue weighted by Crippen LogP contribution is 2.58. The largest absolute Gasteiger partial charge is 0.352 e. The SMILES string of the molecule is Cl.Cl.O=C(Nc1cccc(CNC(=O)C2CC23CCNCC3)c1)c1ccccn1. The van der Waals surface area contributed by atoms with Crippen LogP contribution in [-0.2, 0) is 11.3 Å². The Morgan fingerprint density at radius 2 is 1.90 bits per heavy atom. The average molecular weight is 437 g/mol. The molecule has 1 atom stereocenters. The number of nitrogens with zero attached hydrogens (tertiary/aromatic N) is 1. The highest BCUT2D eigenvalue weighted by atomic mass is 35.5. The average Bonchev–Trinajstić information content (AvgIpc) is 3.40. The first kappa shape index (κ1) is 23.1. The summed E-state index contributed by atoms with van der Waals surface area (Å²) in [6.07, 6.45) is 4.80. The molecule has 1 aromatic carbocycles. The number of hydrogen-bond acceptors (Lipinski definition) is 4. The van der Waals surface area contributed by atoms with Crippen molar-refractivity contribution in [1.82, 2.24) is 15.6 Å². The van der Waals surface area contributed by atoms with Crippen LogP contribution in [0, 0.1) is 11.3 Å². The Labute approximate surface area is 183 Å². The summed E-state index contributed by atoms with van der Waals surface area (Å²) in [6, 6.07) is 12.8. The predicted molar refractivity (Wildman–Crippen MR) is 118 cm³/mol. The zero-order valence-electron chi connectivity index (χ0n) is 16.0. The predicted octanol–water partition coefficient (Wildman–Crippen LogP) is 3.18. The van der Waals surface area contributed by atoms with Crippen molar-refractivity contribution in [1.29, 1.82) is 0 Å². The Kier molecular flexibility index (Phi) is 8.02. The van der Waals surface area contributed by atoms with Crippen molar-refractivity contribution in [3.8, 4) is 0 Å². The molecule has 2 amide bonds. The standard InChI is InChI=1S/C21H24N4O2.2ClH/c26-19(17-13-21(17)7-10-22-11-8-21)24-14-15-4-3-5-16(12-15)25-20(27)18-6-1-2-9-23-18;;/h1-6,9,12,17,22H,7-8,10-11,13-14H2,(H,24,26)(H,25,27);2*1H. The third kappa shape index (κ3) is 5.47. The van der Waals surface area contributed by atoms with Crippen molar-refractivity contribution < 1.29 is 9.59 Å². The van der Waals surface area contributed by atoms with E-state index in [0.717, 1.165) is 37.9 Å². The number of rotatable bonds is 5. The van der Waals surface area contributed by atoms with Gasteiger partial charge in [0.15, 0.2) is 0 Å². The molecule has 2 aromatic rings. The molecule has 1 aromatic heterocycles. The van der Waals surface area contributed by atoms with E-state index in [0.29, 0.717) is 17.9 Å². The van der Waals surface area contributed by atoms with E-state index in [2.05, 4.69) is 20.9 Å². The van der Waals surface area contributed by atoms with Gasteiger partial charge in [0, 0.05) is 24.3 Å². The van der Waals surface area contributed by atoms with Crippen molar-refractivity contribution in [2.45, 2.75) is 25.8 Å². The minimum atomic E-state index is -0.248. The fourth-order valence-electron chi connectivity index (χ4n) is 3.96. The second kappa shape index (κ2) is 10.1. The van der Waals surface area contributed by atoms with E-state index in [-0.39, 0.29) is 48.0 Å². The van der Waals surface area contributed by atoms with E-state index >= 15 is 0 Å². The van der Waals surface area contributed by atoms with Gasteiger partial charge in [-0.05, 0) is 67.6 Å². The Morgan fingerprint density at radius 3 is 2.62 bits per heavy atom. The summed E-state index contributed by atoms with van der Waals surface area (Å²) in [4.78, 5) is 28.8. The summed E-state index contributed by atoms with van der Waals surface area (Å²) >= 11 is 0. The molecule has 1 aliphatic carbocycles. The van der Waals surface area contributed by atoms with Gasteiger partial charge in [-0.25, -0.2) is 0 Å². The highest BCUT2D eigenvalue weighted by molar-refractivity contribution is 6.02. The molecule has 0 bridgehead atoms. The summed E-state index contributed by atoms with van der Waals surface area (Å²) < 4.78 is 0.